The van der Waals surface area contributed by atoms with Crippen LogP contribution in [-0.4, -0.2) is 28.9 Å². The van der Waals surface area contributed by atoms with Gasteiger partial charge in [0.2, 0.25) is 11.8 Å². The quantitative estimate of drug-likeness (QED) is 0.593. The lowest BCUT2D eigenvalue weighted by Crippen LogP contribution is -2.41. The third kappa shape index (κ3) is 4.73. The van der Waals surface area contributed by atoms with Gasteiger partial charge in [-0.15, -0.1) is 0 Å². The summed E-state index contributed by atoms with van der Waals surface area (Å²) in [6, 6.07) is -0.379. The van der Waals surface area contributed by atoms with Crippen molar-refractivity contribution in [3.8, 4) is 0 Å². The van der Waals surface area contributed by atoms with Crippen LogP contribution in [0.5, 0.6) is 0 Å². The minimum atomic E-state index is -1.03. The lowest BCUT2D eigenvalue weighted by atomic mass is 9.79. The van der Waals surface area contributed by atoms with Gasteiger partial charge in [0, 0.05) is 18.9 Å². The Morgan fingerprint density at radius 1 is 1.28 bits per heavy atom. The van der Waals surface area contributed by atoms with E-state index < -0.39 is 17.3 Å². The SMILES string of the molecule is CCC(CC)(CC(=O)NC(C)CC(N)=O)C(=O)O. The number of carbonyl (C=O) groups is 3. The fourth-order valence-electron chi connectivity index (χ4n) is 1.86. The van der Waals surface area contributed by atoms with E-state index in [0.29, 0.717) is 12.8 Å². The van der Waals surface area contributed by atoms with Crippen LogP contribution in [-0.2, 0) is 14.4 Å². The molecule has 0 rings (SSSR count). The molecule has 18 heavy (non-hydrogen) atoms. The zero-order valence-electron chi connectivity index (χ0n) is 11.2. The first kappa shape index (κ1) is 16.4. The standard InChI is InChI=1S/C12H22N2O4/c1-4-12(5-2,11(17)18)7-10(16)14-8(3)6-9(13)15/h8H,4-7H2,1-3H3,(H2,13,15)(H,14,16)(H,17,18). The molecule has 0 spiro atoms. The minimum Gasteiger partial charge on any atom is -0.481 e. The summed E-state index contributed by atoms with van der Waals surface area (Å²) < 4.78 is 0. The van der Waals surface area contributed by atoms with Gasteiger partial charge in [-0.05, 0) is 19.8 Å². The summed E-state index contributed by atoms with van der Waals surface area (Å²) in [6.07, 6.45) is 0.732. The number of rotatable bonds is 8. The predicted octanol–water partition coefficient (Wildman–Crippen LogP) is 0.648. The molecule has 104 valence electrons. The molecule has 0 aliphatic heterocycles. The molecule has 6 heteroatoms. The summed E-state index contributed by atoms with van der Waals surface area (Å²) in [6.45, 7) is 5.15. The first-order valence-electron chi connectivity index (χ1n) is 6.08. The van der Waals surface area contributed by atoms with Crippen molar-refractivity contribution in [3.05, 3.63) is 0 Å². The Morgan fingerprint density at radius 2 is 1.78 bits per heavy atom. The fourth-order valence-corrected chi connectivity index (χ4v) is 1.86. The van der Waals surface area contributed by atoms with Gasteiger partial charge in [0.1, 0.15) is 0 Å². The Kier molecular flexibility index (Phi) is 6.36. The number of amides is 2. The van der Waals surface area contributed by atoms with E-state index in [1.807, 2.05) is 0 Å². The molecule has 1 unspecified atom stereocenters. The van der Waals surface area contributed by atoms with E-state index in [9.17, 15) is 19.5 Å². The van der Waals surface area contributed by atoms with Crippen molar-refractivity contribution >= 4 is 17.8 Å². The molecular formula is C12H22N2O4. The average molecular weight is 258 g/mol. The molecule has 0 radical (unpaired) electrons. The van der Waals surface area contributed by atoms with Crippen LogP contribution in [0.4, 0.5) is 0 Å². The molecule has 0 saturated heterocycles. The Hall–Kier alpha value is -1.59. The minimum absolute atomic E-state index is 0.0457. The highest BCUT2D eigenvalue weighted by molar-refractivity contribution is 5.85. The van der Waals surface area contributed by atoms with Gasteiger partial charge in [0.15, 0.2) is 0 Å². The number of aliphatic carboxylic acids is 1. The van der Waals surface area contributed by atoms with Crippen LogP contribution in [0.15, 0.2) is 0 Å². The van der Waals surface area contributed by atoms with Crippen molar-refractivity contribution in [2.45, 2.75) is 52.5 Å². The smallest absolute Gasteiger partial charge is 0.310 e. The number of hydrogen-bond donors (Lipinski definition) is 3. The maximum absolute atomic E-state index is 11.7. The number of primary amides is 1. The summed E-state index contributed by atoms with van der Waals surface area (Å²) in [4.78, 5) is 33.6. The Morgan fingerprint density at radius 3 is 2.11 bits per heavy atom. The third-order valence-corrected chi connectivity index (χ3v) is 3.22. The molecule has 0 aliphatic carbocycles. The maximum atomic E-state index is 11.7. The summed E-state index contributed by atoms with van der Waals surface area (Å²) >= 11 is 0. The van der Waals surface area contributed by atoms with Crippen LogP contribution in [0, 0.1) is 5.41 Å². The van der Waals surface area contributed by atoms with Crippen LogP contribution in [0.1, 0.15) is 46.5 Å². The second-order valence-corrected chi connectivity index (χ2v) is 4.61. The molecule has 6 nitrogen and oxygen atoms in total. The fraction of sp³-hybridized carbons (Fsp3) is 0.750. The van der Waals surface area contributed by atoms with Crippen molar-refractivity contribution in [1.29, 1.82) is 0 Å². The highest BCUT2D eigenvalue weighted by Crippen LogP contribution is 2.30. The molecule has 0 fully saturated rings. The van der Waals surface area contributed by atoms with Crippen molar-refractivity contribution < 1.29 is 19.5 Å². The number of carboxylic acid groups (broad SMARTS) is 1. The van der Waals surface area contributed by atoms with Gasteiger partial charge >= 0.3 is 5.97 Å². The highest BCUT2D eigenvalue weighted by atomic mass is 16.4. The number of hydrogen-bond acceptors (Lipinski definition) is 3. The van der Waals surface area contributed by atoms with Crippen LogP contribution < -0.4 is 11.1 Å². The van der Waals surface area contributed by atoms with E-state index in [2.05, 4.69) is 5.32 Å². The molecule has 0 aromatic rings. The summed E-state index contributed by atoms with van der Waals surface area (Å²) in [7, 11) is 0. The van der Waals surface area contributed by atoms with Crippen molar-refractivity contribution in [1.82, 2.24) is 5.32 Å². The van der Waals surface area contributed by atoms with E-state index >= 15 is 0 Å². The van der Waals surface area contributed by atoms with Crippen molar-refractivity contribution in [2.75, 3.05) is 0 Å². The lowest BCUT2D eigenvalue weighted by molar-refractivity contribution is -0.152. The largest absolute Gasteiger partial charge is 0.481 e. The maximum Gasteiger partial charge on any atom is 0.310 e. The summed E-state index contributed by atoms with van der Waals surface area (Å²) in [5.74, 6) is -1.83. The monoisotopic (exact) mass is 258 g/mol. The van der Waals surface area contributed by atoms with Crippen LogP contribution in [0.2, 0.25) is 0 Å². The first-order chi connectivity index (χ1) is 8.27. The molecule has 0 bridgehead atoms. The van der Waals surface area contributed by atoms with Crippen molar-refractivity contribution in [3.63, 3.8) is 0 Å². The van der Waals surface area contributed by atoms with E-state index in [4.69, 9.17) is 5.73 Å². The zero-order chi connectivity index (χ0) is 14.3. The number of carbonyl (C=O) groups excluding carboxylic acids is 2. The van der Waals surface area contributed by atoms with Gasteiger partial charge in [0.05, 0.1) is 5.41 Å². The zero-order valence-corrected chi connectivity index (χ0v) is 11.2. The third-order valence-electron chi connectivity index (χ3n) is 3.22. The molecule has 0 aliphatic rings. The highest BCUT2D eigenvalue weighted by Gasteiger charge is 2.37. The lowest BCUT2D eigenvalue weighted by Gasteiger charge is -2.26. The first-order valence-corrected chi connectivity index (χ1v) is 6.08. The Labute approximate surface area is 107 Å². The van der Waals surface area contributed by atoms with E-state index in [1.165, 1.54) is 0 Å². The van der Waals surface area contributed by atoms with E-state index in [0.717, 1.165) is 0 Å². The van der Waals surface area contributed by atoms with Crippen LogP contribution in [0.3, 0.4) is 0 Å². The van der Waals surface area contributed by atoms with E-state index in [-0.39, 0.29) is 24.8 Å². The topological polar surface area (TPSA) is 109 Å². The number of nitrogens with two attached hydrogens (primary N) is 1. The molecule has 2 amide bonds. The Balaban J connectivity index is 4.53. The van der Waals surface area contributed by atoms with Gasteiger partial charge in [-0.25, -0.2) is 0 Å². The second kappa shape index (κ2) is 6.98. The van der Waals surface area contributed by atoms with Gasteiger partial charge in [-0.2, -0.15) is 0 Å². The number of carboxylic acids is 1. The van der Waals surface area contributed by atoms with Gasteiger partial charge in [-0.1, -0.05) is 13.8 Å². The summed E-state index contributed by atoms with van der Waals surface area (Å²) in [5.41, 5.74) is 3.98. The molecule has 4 N–H and O–H groups in total. The van der Waals surface area contributed by atoms with Gasteiger partial charge in [0.25, 0.3) is 0 Å². The van der Waals surface area contributed by atoms with Gasteiger partial charge < -0.3 is 16.2 Å². The molecule has 0 aromatic carbocycles. The predicted molar refractivity (Wildman–Crippen MR) is 66.7 cm³/mol. The molecule has 0 saturated carbocycles. The van der Waals surface area contributed by atoms with Crippen LogP contribution >= 0.6 is 0 Å². The molecule has 1 atom stereocenters. The number of nitrogens with one attached hydrogen (secondary N) is 1. The molecule has 0 aromatic heterocycles. The average Bonchev–Trinajstić information content (AvgIpc) is 2.24. The summed E-state index contributed by atoms with van der Waals surface area (Å²) in [5, 5.41) is 11.8. The second-order valence-electron chi connectivity index (χ2n) is 4.61. The van der Waals surface area contributed by atoms with Crippen molar-refractivity contribution in [2.24, 2.45) is 11.1 Å². The normalized spacial score (nSPS) is 12.8. The molecular weight excluding hydrogens is 236 g/mol. The van der Waals surface area contributed by atoms with Crippen LogP contribution in [0.25, 0.3) is 0 Å². The molecule has 0 heterocycles. The van der Waals surface area contributed by atoms with Gasteiger partial charge in [-0.3, -0.25) is 14.4 Å². The van der Waals surface area contributed by atoms with E-state index in [1.54, 1.807) is 20.8 Å². The Bertz CT molecular complexity index is 324.